The quantitative estimate of drug-likeness (QED) is 0.832. The fourth-order valence-electron chi connectivity index (χ4n) is 1.77. The molecule has 1 aromatic heterocycles. The van der Waals surface area contributed by atoms with E-state index in [-0.39, 0.29) is 12.6 Å². The Kier molecular flexibility index (Phi) is 5.48. The van der Waals surface area contributed by atoms with Crippen LogP contribution in [0.1, 0.15) is 11.7 Å². The van der Waals surface area contributed by atoms with Crippen LogP contribution in [0.3, 0.4) is 0 Å². The van der Waals surface area contributed by atoms with Crippen LogP contribution in [0.5, 0.6) is 0 Å². The highest BCUT2D eigenvalue weighted by atomic mass is 32.1. The summed E-state index contributed by atoms with van der Waals surface area (Å²) in [6.07, 6.45) is -0.260. The Hall–Kier alpha value is -2.18. The summed E-state index contributed by atoms with van der Waals surface area (Å²) in [6.45, 7) is 0.244. The number of nitrogens with one attached hydrogen (secondary N) is 2. The Morgan fingerprint density at radius 2 is 1.95 bits per heavy atom. The van der Waals surface area contributed by atoms with E-state index in [2.05, 4.69) is 10.6 Å². The molecule has 1 aromatic carbocycles. The Balaban J connectivity index is 1.85. The molecular formula is C15H16N2O3S. The standard InChI is InChI=1S/C15H16N2O3S/c1-20-13(11-7-8-21-10-11)9-16-14(18)15(19)17-12-5-3-2-4-6-12/h2-8,10,13H,9H2,1H3,(H,16,18)(H,17,19). The van der Waals surface area contributed by atoms with Gasteiger partial charge >= 0.3 is 11.8 Å². The van der Waals surface area contributed by atoms with Gasteiger partial charge in [-0.1, -0.05) is 18.2 Å². The van der Waals surface area contributed by atoms with Crippen molar-refractivity contribution in [2.75, 3.05) is 19.0 Å². The van der Waals surface area contributed by atoms with Gasteiger partial charge in [-0.3, -0.25) is 9.59 Å². The maximum Gasteiger partial charge on any atom is 0.313 e. The summed E-state index contributed by atoms with van der Waals surface area (Å²) in [6, 6.07) is 10.8. The fourth-order valence-corrected chi connectivity index (χ4v) is 2.47. The number of benzene rings is 1. The SMILES string of the molecule is COC(CNC(=O)C(=O)Nc1ccccc1)c1ccsc1. The number of para-hydroxylation sites is 1. The summed E-state index contributed by atoms with van der Waals surface area (Å²) in [5.74, 6) is -1.38. The molecule has 1 unspecified atom stereocenters. The molecule has 0 radical (unpaired) electrons. The van der Waals surface area contributed by atoms with Crippen LogP contribution in [0.2, 0.25) is 0 Å². The van der Waals surface area contributed by atoms with Crippen LogP contribution in [-0.2, 0) is 14.3 Å². The molecule has 0 aliphatic rings. The van der Waals surface area contributed by atoms with Gasteiger partial charge in [-0.25, -0.2) is 0 Å². The lowest BCUT2D eigenvalue weighted by Crippen LogP contribution is -2.37. The lowest BCUT2D eigenvalue weighted by Gasteiger charge is -2.14. The molecule has 0 saturated carbocycles. The first-order valence-electron chi connectivity index (χ1n) is 6.40. The molecule has 0 saturated heterocycles. The summed E-state index contributed by atoms with van der Waals surface area (Å²) in [4.78, 5) is 23.5. The summed E-state index contributed by atoms with van der Waals surface area (Å²) in [7, 11) is 1.57. The lowest BCUT2D eigenvalue weighted by molar-refractivity contribution is -0.136. The van der Waals surface area contributed by atoms with Crippen molar-refractivity contribution in [1.29, 1.82) is 0 Å². The van der Waals surface area contributed by atoms with Crippen LogP contribution >= 0.6 is 11.3 Å². The second-order valence-electron chi connectivity index (χ2n) is 4.31. The van der Waals surface area contributed by atoms with Crippen molar-refractivity contribution in [3.63, 3.8) is 0 Å². The minimum absolute atomic E-state index is 0.244. The Morgan fingerprint density at radius 1 is 1.19 bits per heavy atom. The fraction of sp³-hybridized carbons (Fsp3) is 0.200. The highest BCUT2D eigenvalue weighted by Crippen LogP contribution is 2.18. The number of hydrogen-bond donors (Lipinski definition) is 2. The van der Waals surface area contributed by atoms with Gasteiger partial charge in [0.2, 0.25) is 0 Å². The minimum atomic E-state index is -0.693. The van der Waals surface area contributed by atoms with E-state index in [0.717, 1.165) is 5.56 Å². The molecule has 1 atom stereocenters. The first-order valence-corrected chi connectivity index (χ1v) is 7.34. The van der Waals surface area contributed by atoms with Gasteiger partial charge in [0.05, 0.1) is 0 Å². The van der Waals surface area contributed by atoms with Crippen LogP contribution in [0.15, 0.2) is 47.2 Å². The first kappa shape index (κ1) is 15.2. The lowest BCUT2D eigenvalue weighted by atomic mass is 10.2. The molecule has 2 aromatic rings. The van der Waals surface area contributed by atoms with Crippen LogP contribution in [-0.4, -0.2) is 25.5 Å². The third kappa shape index (κ3) is 4.40. The minimum Gasteiger partial charge on any atom is -0.375 e. The van der Waals surface area contributed by atoms with Gasteiger partial charge in [-0.2, -0.15) is 11.3 Å². The van der Waals surface area contributed by atoms with Crippen molar-refractivity contribution in [2.24, 2.45) is 0 Å². The molecule has 110 valence electrons. The summed E-state index contributed by atoms with van der Waals surface area (Å²) >= 11 is 1.55. The molecule has 2 amide bonds. The van der Waals surface area contributed by atoms with Gasteiger partial charge in [0.15, 0.2) is 0 Å². The van der Waals surface area contributed by atoms with Gasteiger partial charge in [0.25, 0.3) is 0 Å². The van der Waals surface area contributed by atoms with Crippen molar-refractivity contribution in [2.45, 2.75) is 6.10 Å². The highest BCUT2D eigenvalue weighted by Gasteiger charge is 2.17. The van der Waals surface area contributed by atoms with E-state index in [9.17, 15) is 9.59 Å². The van der Waals surface area contributed by atoms with Gasteiger partial charge < -0.3 is 15.4 Å². The number of carbonyl (C=O) groups is 2. The molecule has 0 spiro atoms. The largest absolute Gasteiger partial charge is 0.375 e. The number of amides is 2. The van der Waals surface area contributed by atoms with E-state index in [1.54, 1.807) is 42.7 Å². The van der Waals surface area contributed by atoms with Gasteiger partial charge in [-0.15, -0.1) is 0 Å². The molecule has 0 aliphatic carbocycles. The Morgan fingerprint density at radius 3 is 2.57 bits per heavy atom. The summed E-state index contributed by atoms with van der Waals surface area (Å²) in [5.41, 5.74) is 1.56. The number of carbonyl (C=O) groups excluding carboxylic acids is 2. The normalized spacial score (nSPS) is 11.7. The van der Waals surface area contributed by atoms with E-state index in [4.69, 9.17) is 4.74 Å². The Bertz CT molecular complexity index is 584. The monoisotopic (exact) mass is 304 g/mol. The van der Waals surface area contributed by atoms with Crippen molar-refractivity contribution in [3.8, 4) is 0 Å². The topological polar surface area (TPSA) is 67.4 Å². The highest BCUT2D eigenvalue weighted by molar-refractivity contribution is 7.07. The summed E-state index contributed by atoms with van der Waals surface area (Å²) < 4.78 is 5.30. The van der Waals surface area contributed by atoms with Gasteiger partial charge in [0, 0.05) is 19.3 Å². The number of thiophene rings is 1. The van der Waals surface area contributed by atoms with Crippen LogP contribution < -0.4 is 10.6 Å². The molecule has 0 bridgehead atoms. The number of hydrogen-bond acceptors (Lipinski definition) is 4. The molecular weight excluding hydrogens is 288 g/mol. The zero-order valence-corrected chi connectivity index (χ0v) is 12.4. The van der Waals surface area contributed by atoms with Crippen molar-refractivity contribution in [3.05, 3.63) is 52.7 Å². The van der Waals surface area contributed by atoms with Crippen LogP contribution in [0, 0.1) is 0 Å². The third-order valence-corrected chi connectivity index (χ3v) is 3.59. The van der Waals surface area contributed by atoms with Crippen LogP contribution in [0.25, 0.3) is 0 Å². The molecule has 1 heterocycles. The predicted molar refractivity (Wildman–Crippen MR) is 82.2 cm³/mol. The number of methoxy groups -OCH3 is 1. The molecule has 21 heavy (non-hydrogen) atoms. The average Bonchev–Trinajstić information content (AvgIpc) is 3.03. The second-order valence-corrected chi connectivity index (χ2v) is 5.09. The van der Waals surface area contributed by atoms with E-state index in [1.165, 1.54) is 0 Å². The maximum atomic E-state index is 11.8. The Labute approximate surface area is 126 Å². The van der Waals surface area contributed by atoms with E-state index in [1.807, 2.05) is 22.9 Å². The molecule has 6 heteroatoms. The number of rotatable bonds is 5. The van der Waals surface area contributed by atoms with E-state index >= 15 is 0 Å². The summed E-state index contributed by atoms with van der Waals surface area (Å²) in [5, 5.41) is 8.98. The molecule has 2 N–H and O–H groups in total. The first-order chi connectivity index (χ1) is 10.2. The smallest absolute Gasteiger partial charge is 0.313 e. The number of anilines is 1. The molecule has 0 fully saturated rings. The molecule has 5 nitrogen and oxygen atoms in total. The predicted octanol–water partition coefficient (Wildman–Crippen LogP) is 2.19. The number of ether oxygens (including phenoxy) is 1. The molecule has 2 rings (SSSR count). The van der Waals surface area contributed by atoms with Gasteiger partial charge in [-0.05, 0) is 34.5 Å². The zero-order chi connectivity index (χ0) is 15.1. The van der Waals surface area contributed by atoms with E-state index < -0.39 is 11.8 Å². The van der Waals surface area contributed by atoms with Crippen molar-refractivity contribution < 1.29 is 14.3 Å². The second kappa shape index (κ2) is 7.56. The maximum absolute atomic E-state index is 11.8. The van der Waals surface area contributed by atoms with Crippen LogP contribution in [0.4, 0.5) is 5.69 Å². The third-order valence-electron chi connectivity index (χ3n) is 2.89. The van der Waals surface area contributed by atoms with Crippen molar-refractivity contribution >= 4 is 28.8 Å². The zero-order valence-electron chi connectivity index (χ0n) is 11.5. The van der Waals surface area contributed by atoms with Gasteiger partial charge in [0.1, 0.15) is 6.10 Å². The average molecular weight is 304 g/mol. The molecule has 0 aliphatic heterocycles. The van der Waals surface area contributed by atoms with Crippen molar-refractivity contribution in [1.82, 2.24) is 5.32 Å². The van der Waals surface area contributed by atoms with E-state index in [0.29, 0.717) is 5.69 Å².